The number of hydrogen-bond acceptors (Lipinski definition) is 2. The van der Waals surface area contributed by atoms with Crippen LogP contribution in [0.1, 0.15) is 50.0 Å². The second-order valence-corrected chi connectivity index (χ2v) is 9.45. The van der Waals surface area contributed by atoms with Gasteiger partial charge in [0.1, 0.15) is 0 Å². The first kappa shape index (κ1) is 13.3. The van der Waals surface area contributed by atoms with Gasteiger partial charge in [-0.3, -0.25) is 0 Å². The van der Waals surface area contributed by atoms with Crippen LogP contribution < -0.4 is 0 Å². The molecule has 96 valence electrons. The van der Waals surface area contributed by atoms with Gasteiger partial charge in [-0.15, -0.1) is 0 Å². The van der Waals surface area contributed by atoms with E-state index in [0.717, 1.165) is 18.4 Å². The molecule has 2 nitrogen and oxygen atoms in total. The molecule has 0 heterocycles. The van der Waals surface area contributed by atoms with Crippen LogP contribution in [0, 0.1) is 11.3 Å². The molecule has 0 amide bonds. The van der Waals surface area contributed by atoms with Gasteiger partial charge in [0, 0.05) is 0 Å². The maximum atomic E-state index is 9.12. The molecule has 0 radical (unpaired) electrons. The SMILES string of the molecule is C[SiH](O[C@H]1CCc2c(C#N)cccc21)C(C)(C)C. The predicted molar refractivity (Wildman–Crippen MR) is 76.0 cm³/mol. The average molecular weight is 259 g/mol. The fourth-order valence-corrected chi connectivity index (χ4v) is 3.50. The maximum Gasteiger partial charge on any atom is 0.180 e. The largest absolute Gasteiger partial charge is 0.413 e. The third-order valence-electron chi connectivity index (χ3n) is 3.92. The Hall–Kier alpha value is -1.11. The van der Waals surface area contributed by atoms with Gasteiger partial charge in [0.05, 0.1) is 17.7 Å². The highest BCUT2D eigenvalue weighted by Crippen LogP contribution is 2.39. The summed E-state index contributed by atoms with van der Waals surface area (Å²) in [6.45, 7) is 9.04. The van der Waals surface area contributed by atoms with E-state index in [1.165, 1.54) is 11.1 Å². The third kappa shape index (κ3) is 2.50. The van der Waals surface area contributed by atoms with Crippen LogP contribution in [0.4, 0.5) is 0 Å². The fourth-order valence-electron chi connectivity index (χ4n) is 2.31. The third-order valence-corrected chi connectivity index (χ3v) is 7.10. The van der Waals surface area contributed by atoms with E-state index in [1.54, 1.807) is 0 Å². The van der Waals surface area contributed by atoms with Crippen molar-refractivity contribution in [2.24, 2.45) is 0 Å². The predicted octanol–water partition coefficient (Wildman–Crippen LogP) is 3.72. The summed E-state index contributed by atoms with van der Waals surface area (Å²) in [5.74, 6) is 0. The molecule has 1 unspecified atom stereocenters. The van der Waals surface area contributed by atoms with Crippen LogP contribution >= 0.6 is 0 Å². The van der Waals surface area contributed by atoms with Gasteiger partial charge >= 0.3 is 0 Å². The lowest BCUT2D eigenvalue weighted by atomic mass is 10.0. The zero-order chi connectivity index (χ0) is 13.3. The first-order valence-electron chi connectivity index (χ1n) is 6.61. The molecule has 1 aromatic carbocycles. The number of nitriles is 1. The van der Waals surface area contributed by atoms with Crippen molar-refractivity contribution in [2.75, 3.05) is 0 Å². The first-order chi connectivity index (χ1) is 8.43. The quantitative estimate of drug-likeness (QED) is 0.758. The van der Waals surface area contributed by atoms with Gasteiger partial charge in [-0.1, -0.05) is 32.9 Å². The van der Waals surface area contributed by atoms with Gasteiger partial charge < -0.3 is 4.43 Å². The van der Waals surface area contributed by atoms with Crippen LogP contribution in [0.15, 0.2) is 18.2 Å². The van der Waals surface area contributed by atoms with Crippen LogP contribution in [0.25, 0.3) is 0 Å². The smallest absolute Gasteiger partial charge is 0.180 e. The highest BCUT2D eigenvalue weighted by molar-refractivity contribution is 6.53. The highest BCUT2D eigenvalue weighted by atomic mass is 28.3. The number of hydrogen-bond donors (Lipinski definition) is 0. The summed E-state index contributed by atoms with van der Waals surface area (Å²) in [4.78, 5) is 0. The van der Waals surface area contributed by atoms with Crippen LogP contribution in [-0.4, -0.2) is 9.04 Å². The summed E-state index contributed by atoms with van der Waals surface area (Å²) in [5, 5.41) is 9.40. The van der Waals surface area contributed by atoms with Crippen molar-refractivity contribution in [3.63, 3.8) is 0 Å². The Morgan fingerprint density at radius 3 is 2.72 bits per heavy atom. The van der Waals surface area contributed by atoms with Crippen LogP contribution in [0.2, 0.25) is 11.6 Å². The normalized spacial score (nSPS) is 20.3. The Bertz CT molecular complexity index is 484. The molecular weight excluding hydrogens is 238 g/mol. The molecule has 0 N–H and O–H groups in total. The number of benzene rings is 1. The van der Waals surface area contributed by atoms with Gasteiger partial charge in [0.2, 0.25) is 0 Å². The molecule has 0 spiro atoms. The van der Waals surface area contributed by atoms with Crippen molar-refractivity contribution in [3.8, 4) is 6.07 Å². The zero-order valence-corrected chi connectivity index (χ0v) is 12.8. The summed E-state index contributed by atoms with van der Waals surface area (Å²) in [5.41, 5.74) is 3.28. The molecule has 0 bridgehead atoms. The van der Waals surface area contributed by atoms with Crippen molar-refractivity contribution in [3.05, 3.63) is 34.9 Å². The Labute approximate surface area is 111 Å². The molecule has 18 heavy (non-hydrogen) atoms. The first-order valence-corrected chi connectivity index (χ1v) is 8.81. The van der Waals surface area contributed by atoms with Gasteiger partial charge in [-0.05, 0) is 41.6 Å². The van der Waals surface area contributed by atoms with E-state index in [0.29, 0.717) is 0 Å². The van der Waals surface area contributed by atoms with E-state index < -0.39 is 9.04 Å². The second-order valence-electron chi connectivity index (χ2n) is 6.16. The van der Waals surface area contributed by atoms with Gasteiger partial charge in [0.15, 0.2) is 9.04 Å². The van der Waals surface area contributed by atoms with Crippen molar-refractivity contribution in [1.29, 1.82) is 5.26 Å². The standard InChI is InChI=1S/C15H21NOSi/c1-15(2,3)18(4)17-14-9-8-12-11(10-16)6-5-7-13(12)14/h5-7,14,18H,8-9H2,1-4H3/t14-,18?/m0/s1. The Morgan fingerprint density at radius 1 is 1.39 bits per heavy atom. The molecule has 0 fully saturated rings. The molecule has 1 aromatic rings. The summed E-state index contributed by atoms with van der Waals surface area (Å²) in [7, 11) is -1.21. The maximum absolute atomic E-state index is 9.12. The zero-order valence-electron chi connectivity index (χ0n) is 11.7. The summed E-state index contributed by atoms with van der Waals surface area (Å²) in [6.07, 6.45) is 2.23. The van der Waals surface area contributed by atoms with Gasteiger partial charge in [-0.2, -0.15) is 5.26 Å². The minimum absolute atomic E-state index is 0.217. The minimum atomic E-state index is -1.21. The number of rotatable bonds is 2. The molecule has 2 atom stereocenters. The molecular formula is C15H21NOSi. The molecule has 1 aliphatic rings. The Kier molecular flexibility index (Phi) is 3.60. The van der Waals surface area contributed by atoms with E-state index in [1.807, 2.05) is 12.1 Å². The molecule has 0 saturated heterocycles. The van der Waals surface area contributed by atoms with Crippen LogP contribution in [-0.2, 0) is 10.8 Å². The lowest BCUT2D eigenvalue weighted by molar-refractivity contribution is 0.198. The molecule has 0 aliphatic heterocycles. The topological polar surface area (TPSA) is 33.0 Å². The fraction of sp³-hybridized carbons (Fsp3) is 0.533. The lowest BCUT2D eigenvalue weighted by Crippen LogP contribution is -2.27. The van der Waals surface area contributed by atoms with Crippen molar-refractivity contribution < 1.29 is 4.43 Å². The Morgan fingerprint density at radius 2 is 2.11 bits per heavy atom. The summed E-state index contributed by atoms with van der Waals surface area (Å²) < 4.78 is 6.33. The number of fused-ring (bicyclic) bond motifs is 1. The molecule has 3 heteroatoms. The van der Waals surface area contributed by atoms with E-state index in [9.17, 15) is 0 Å². The Balaban J connectivity index is 2.21. The van der Waals surface area contributed by atoms with E-state index >= 15 is 0 Å². The van der Waals surface area contributed by atoms with E-state index in [4.69, 9.17) is 9.69 Å². The van der Waals surface area contributed by atoms with Gasteiger partial charge in [0.25, 0.3) is 0 Å². The van der Waals surface area contributed by atoms with Crippen LogP contribution in [0.3, 0.4) is 0 Å². The second kappa shape index (κ2) is 4.87. The molecule has 0 saturated carbocycles. The summed E-state index contributed by atoms with van der Waals surface area (Å²) in [6, 6.07) is 8.29. The van der Waals surface area contributed by atoms with Crippen molar-refractivity contribution in [2.45, 2.75) is 51.3 Å². The van der Waals surface area contributed by atoms with E-state index in [2.05, 4.69) is 39.5 Å². The monoisotopic (exact) mass is 259 g/mol. The molecule has 0 aromatic heterocycles. The van der Waals surface area contributed by atoms with Crippen molar-refractivity contribution in [1.82, 2.24) is 0 Å². The highest BCUT2D eigenvalue weighted by Gasteiger charge is 2.31. The number of nitrogens with zero attached hydrogens (tertiary/aromatic N) is 1. The summed E-state index contributed by atoms with van der Waals surface area (Å²) >= 11 is 0. The van der Waals surface area contributed by atoms with Crippen molar-refractivity contribution >= 4 is 9.04 Å². The van der Waals surface area contributed by atoms with Crippen LogP contribution in [0.5, 0.6) is 0 Å². The molecule has 2 rings (SSSR count). The average Bonchev–Trinajstić information content (AvgIpc) is 2.71. The van der Waals surface area contributed by atoms with Gasteiger partial charge in [-0.25, -0.2) is 0 Å². The molecule has 1 aliphatic carbocycles. The van der Waals surface area contributed by atoms with E-state index in [-0.39, 0.29) is 11.1 Å². The minimum Gasteiger partial charge on any atom is -0.413 e. The lowest BCUT2D eigenvalue weighted by Gasteiger charge is -2.29.